The summed E-state index contributed by atoms with van der Waals surface area (Å²) in [5, 5.41) is 6.87. The van der Waals surface area contributed by atoms with E-state index in [2.05, 4.69) is 15.4 Å². The maximum absolute atomic E-state index is 11.9. The average Bonchev–Trinajstić information content (AvgIpc) is 2.72. The molecule has 2 aromatic heterocycles. The molecule has 2 aromatic rings. The number of rotatable bonds is 4. The van der Waals surface area contributed by atoms with Crippen LogP contribution < -0.4 is 5.32 Å². The molecule has 2 heterocycles. The molecule has 0 radical (unpaired) electrons. The van der Waals surface area contributed by atoms with Gasteiger partial charge in [0.25, 0.3) is 5.91 Å². The molecular weight excluding hydrogens is 220 g/mol. The first-order valence-corrected chi connectivity index (χ1v) is 5.30. The average molecular weight is 234 g/mol. The van der Waals surface area contributed by atoms with Crippen molar-refractivity contribution in [1.29, 1.82) is 0 Å². The van der Waals surface area contributed by atoms with Crippen molar-refractivity contribution in [3.8, 4) is 0 Å². The van der Waals surface area contributed by atoms with Crippen LogP contribution in [0.5, 0.6) is 0 Å². The molecule has 0 saturated carbocycles. The molecule has 0 aliphatic rings. The zero-order chi connectivity index (χ0) is 12.3. The lowest BCUT2D eigenvalue weighted by Crippen LogP contribution is -2.35. The minimum absolute atomic E-state index is 0.0498. The molecule has 0 bridgehead atoms. The van der Waals surface area contributed by atoms with Gasteiger partial charge >= 0.3 is 0 Å². The summed E-state index contributed by atoms with van der Waals surface area (Å²) in [6.45, 7) is 2.35. The second-order valence-electron chi connectivity index (χ2n) is 3.78. The molecule has 0 spiro atoms. The lowest BCUT2D eigenvalue weighted by molar-refractivity contribution is 0.0907. The lowest BCUT2D eigenvalue weighted by atomic mass is 10.3. The fraction of sp³-hybridized carbons (Fsp3) is 0.364. The Morgan fingerprint density at radius 3 is 3.24 bits per heavy atom. The summed E-state index contributed by atoms with van der Waals surface area (Å²) in [6.07, 6.45) is 4.89. The first-order valence-electron chi connectivity index (χ1n) is 5.30. The molecule has 6 heteroatoms. The van der Waals surface area contributed by atoms with Gasteiger partial charge in [-0.15, -0.1) is 0 Å². The van der Waals surface area contributed by atoms with E-state index in [1.807, 2.05) is 6.92 Å². The first kappa shape index (κ1) is 11.5. The Balaban J connectivity index is 2.19. The van der Waals surface area contributed by atoms with Crippen LogP contribution in [0.1, 0.15) is 17.3 Å². The maximum atomic E-state index is 11.9. The van der Waals surface area contributed by atoms with Gasteiger partial charge in [0.2, 0.25) is 0 Å². The van der Waals surface area contributed by atoms with Crippen LogP contribution in [0.25, 0.3) is 5.65 Å². The summed E-state index contributed by atoms with van der Waals surface area (Å²) in [5.74, 6) is -0.191. The predicted molar refractivity (Wildman–Crippen MR) is 61.8 cm³/mol. The van der Waals surface area contributed by atoms with E-state index in [9.17, 15) is 4.79 Å². The van der Waals surface area contributed by atoms with Crippen molar-refractivity contribution in [1.82, 2.24) is 19.9 Å². The fourth-order valence-electron chi connectivity index (χ4n) is 1.58. The summed E-state index contributed by atoms with van der Waals surface area (Å²) >= 11 is 0. The Labute approximate surface area is 98.6 Å². The number of nitrogens with zero attached hydrogens (tertiary/aromatic N) is 3. The van der Waals surface area contributed by atoms with Gasteiger partial charge in [-0.3, -0.25) is 4.79 Å². The molecule has 0 fully saturated rings. The van der Waals surface area contributed by atoms with Crippen LogP contribution >= 0.6 is 0 Å². The normalized spacial score (nSPS) is 12.6. The minimum Gasteiger partial charge on any atom is -0.383 e. The van der Waals surface area contributed by atoms with Gasteiger partial charge in [-0.1, -0.05) is 0 Å². The van der Waals surface area contributed by atoms with Crippen LogP contribution in [0.3, 0.4) is 0 Å². The molecule has 1 amide bonds. The van der Waals surface area contributed by atoms with Crippen molar-refractivity contribution in [3.63, 3.8) is 0 Å². The number of ether oxygens (including phenoxy) is 1. The van der Waals surface area contributed by atoms with E-state index in [1.54, 1.807) is 30.1 Å². The number of methoxy groups -OCH3 is 1. The van der Waals surface area contributed by atoms with Gasteiger partial charge in [-0.2, -0.15) is 5.10 Å². The van der Waals surface area contributed by atoms with Gasteiger partial charge in [-0.25, -0.2) is 9.50 Å². The molecule has 1 atom stereocenters. The van der Waals surface area contributed by atoms with Crippen LogP contribution in [0, 0.1) is 0 Å². The van der Waals surface area contributed by atoms with Gasteiger partial charge in [0.1, 0.15) is 5.56 Å². The Morgan fingerprint density at radius 2 is 2.47 bits per heavy atom. The Bertz CT molecular complexity index is 523. The molecule has 0 aliphatic carbocycles. The second-order valence-corrected chi connectivity index (χ2v) is 3.78. The summed E-state index contributed by atoms with van der Waals surface area (Å²) in [6, 6.07) is 1.71. The summed E-state index contributed by atoms with van der Waals surface area (Å²) in [7, 11) is 1.60. The highest BCUT2D eigenvalue weighted by Crippen LogP contribution is 2.06. The van der Waals surface area contributed by atoms with Crippen molar-refractivity contribution in [3.05, 3.63) is 30.2 Å². The van der Waals surface area contributed by atoms with Crippen molar-refractivity contribution in [2.75, 3.05) is 13.7 Å². The molecule has 0 aromatic carbocycles. The fourth-order valence-corrected chi connectivity index (χ4v) is 1.58. The highest BCUT2D eigenvalue weighted by molar-refractivity contribution is 5.99. The Kier molecular flexibility index (Phi) is 3.34. The van der Waals surface area contributed by atoms with E-state index in [4.69, 9.17) is 4.74 Å². The van der Waals surface area contributed by atoms with Crippen molar-refractivity contribution in [2.24, 2.45) is 0 Å². The molecule has 2 rings (SSSR count). The summed E-state index contributed by atoms with van der Waals surface area (Å²) in [4.78, 5) is 16.1. The zero-order valence-corrected chi connectivity index (χ0v) is 9.75. The molecule has 0 unspecified atom stereocenters. The molecule has 17 heavy (non-hydrogen) atoms. The Morgan fingerprint density at radius 1 is 1.65 bits per heavy atom. The number of hydrogen-bond donors (Lipinski definition) is 1. The number of fused-ring (bicyclic) bond motifs is 1. The van der Waals surface area contributed by atoms with Crippen LogP contribution in [0.15, 0.2) is 24.7 Å². The molecule has 1 N–H and O–H groups in total. The minimum atomic E-state index is -0.191. The number of carbonyl (C=O) groups excluding carboxylic acids is 1. The van der Waals surface area contributed by atoms with Gasteiger partial charge in [0, 0.05) is 25.5 Å². The number of aromatic nitrogens is 3. The van der Waals surface area contributed by atoms with Crippen molar-refractivity contribution < 1.29 is 9.53 Å². The third-order valence-corrected chi connectivity index (χ3v) is 2.32. The lowest BCUT2D eigenvalue weighted by Gasteiger charge is -2.11. The molecule has 0 aliphatic heterocycles. The highest BCUT2D eigenvalue weighted by atomic mass is 16.5. The van der Waals surface area contributed by atoms with E-state index in [-0.39, 0.29) is 11.9 Å². The zero-order valence-electron chi connectivity index (χ0n) is 9.75. The highest BCUT2D eigenvalue weighted by Gasteiger charge is 2.15. The predicted octanol–water partition coefficient (Wildman–Crippen LogP) is 0.494. The van der Waals surface area contributed by atoms with Gasteiger partial charge in [0.15, 0.2) is 5.65 Å². The molecule has 0 saturated heterocycles. The van der Waals surface area contributed by atoms with Crippen LogP contribution in [-0.4, -0.2) is 40.3 Å². The van der Waals surface area contributed by atoms with E-state index in [1.165, 1.54) is 6.20 Å². The van der Waals surface area contributed by atoms with E-state index >= 15 is 0 Å². The monoisotopic (exact) mass is 234 g/mol. The van der Waals surface area contributed by atoms with E-state index < -0.39 is 0 Å². The van der Waals surface area contributed by atoms with Gasteiger partial charge in [-0.05, 0) is 13.0 Å². The summed E-state index contributed by atoms with van der Waals surface area (Å²) in [5.41, 5.74) is 1.02. The smallest absolute Gasteiger partial charge is 0.257 e. The number of nitrogens with one attached hydrogen (secondary N) is 1. The third-order valence-electron chi connectivity index (χ3n) is 2.32. The van der Waals surface area contributed by atoms with Gasteiger partial charge in [0.05, 0.1) is 12.8 Å². The first-order chi connectivity index (χ1) is 8.22. The van der Waals surface area contributed by atoms with Crippen molar-refractivity contribution in [2.45, 2.75) is 13.0 Å². The largest absolute Gasteiger partial charge is 0.383 e. The maximum Gasteiger partial charge on any atom is 0.257 e. The number of amides is 1. The van der Waals surface area contributed by atoms with Crippen LogP contribution in [-0.2, 0) is 4.74 Å². The van der Waals surface area contributed by atoms with Crippen molar-refractivity contribution >= 4 is 11.6 Å². The standard InChI is InChI=1S/C11H14N4O2/c1-8(7-17-2)14-11(16)9-6-13-15-5-3-4-12-10(9)15/h3-6,8H,7H2,1-2H3,(H,14,16)/t8-/m0/s1. The van der Waals surface area contributed by atoms with Crippen LogP contribution in [0.2, 0.25) is 0 Å². The van der Waals surface area contributed by atoms with E-state index in [0.29, 0.717) is 17.8 Å². The quantitative estimate of drug-likeness (QED) is 0.836. The Hall–Kier alpha value is -1.95. The third kappa shape index (κ3) is 2.42. The molecule has 6 nitrogen and oxygen atoms in total. The topological polar surface area (TPSA) is 68.5 Å². The molecular formula is C11H14N4O2. The summed E-state index contributed by atoms with van der Waals surface area (Å²) < 4.78 is 6.52. The van der Waals surface area contributed by atoms with E-state index in [0.717, 1.165) is 0 Å². The van der Waals surface area contributed by atoms with Gasteiger partial charge < -0.3 is 10.1 Å². The SMILES string of the molecule is COC[C@H](C)NC(=O)c1cnn2cccnc12. The molecule has 90 valence electrons. The second kappa shape index (κ2) is 4.92. The number of carbonyl (C=O) groups is 1. The number of hydrogen-bond acceptors (Lipinski definition) is 4. The van der Waals surface area contributed by atoms with Crippen LogP contribution in [0.4, 0.5) is 0 Å².